The van der Waals surface area contributed by atoms with Crippen LogP contribution in [0.15, 0.2) is 429 Å². The van der Waals surface area contributed by atoms with E-state index in [-0.39, 0.29) is 5.92 Å². The molecule has 1 aliphatic rings. The fourth-order valence-electron chi connectivity index (χ4n) is 23.4. The highest BCUT2D eigenvalue weighted by atomic mass is 16.4. The van der Waals surface area contributed by atoms with Crippen molar-refractivity contribution in [3.8, 4) is 28.6 Å². The van der Waals surface area contributed by atoms with Crippen molar-refractivity contribution in [2.45, 2.75) is 40.5 Å². The third-order valence-electron chi connectivity index (χ3n) is 29.8. The molecule has 0 fully saturated rings. The Morgan fingerprint density at radius 2 is 0.607 bits per heavy atom. The molecule has 0 radical (unpaired) electrons. The van der Waals surface area contributed by atoms with E-state index in [1.165, 1.54) is 33.3 Å². The molecule has 710 valence electrons. The molecule has 17 aromatic carbocycles. The Morgan fingerprint density at radius 3 is 1.13 bits per heavy atom. The van der Waals surface area contributed by atoms with Gasteiger partial charge < -0.3 is 22.1 Å². The molecule has 18 heterocycles. The van der Waals surface area contributed by atoms with Gasteiger partial charge in [-0.2, -0.15) is 0 Å². The van der Waals surface area contributed by atoms with Gasteiger partial charge in [0.05, 0.1) is 134 Å². The topological polar surface area (TPSA) is 211 Å². The Labute approximate surface area is 849 Å². The number of hydrogen-bond acceptors (Lipinski definition) is 13. The summed E-state index contributed by atoms with van der Waals surface area (Å²) in [7, 11) is 0. The maximum Gasteiger partial charge on any atom is 0.227 e. The molecule has 0 bridgehead atoms. The van der Waals surface area contributed by atoms with Crippen molar-refractivity contribution in [3.05, 3.63) is 452 Å². The highest BCUT2D eigenvalue weighted by Crippen LogP contribution is 2.49. The van der Waals surface area contributed by atoms with Crippen molar-refractivity contribution < 1.29 is 22.1 Å². The van der Waals surface area contributed by atoms with E-state index < -0.39 is 0 Å². The average Bonchev–Trinajstić information content (AvgIpc) is 1.61. The SMILES string of the molecule is Cc1cc(C2c3ccccc3-n3c2nc2ccccc23)cc2c1oc1ccccc12.Cc1cc2c(cn1)oc1c(-n3c4ccccc4n4c5ccccc5nc34)cccc12.Cc1ccc2oc3c(-n4c5ccccc5n5c6ccccc6nc45)cccc3c2c1.Cc1ccc2oc3c(-n4c5ccccc5n5c6ccccc6nc45)nccc3c2c1.Cc1cnc2oc3c(-n4c5ccccc5n5c6ccccc6nc45)cccc3c2c1. The molecular weight excluding hydrogens is 1860 g/mol. The largest absolute Gasteiger partial charge is 0.456 e. The maximum atomic E-state index is 6.38. The molecule has 34 aromatic rings. The summed E-state index contributed by atoms with van der Waals surface area (Å²) >= 11 is 0. The smallest absolute Gasteiger partial charge is 0.227 e. The normalized spacial score (nSPS) is 12.8. The summed E-state index contributed by atoms with van der Waals surface area (Å²) in [6, 6.07) is 134. The minimum Gasteiger partial charge on any atom is -0.456 e. The molecule has 150 heavy (non-hydrogen) atoms. The van der Waals surface area contributed by atoms with Gasteiger partial charge in [0.2, 0.25) is 28.8 Å². The first-order chi connectivity index (χ1) is 74.0. The molecule has 35 rings (SSSR count). The van der Waals surface area contributed by atoms with Crippen molar-refractivity contribution >= 4 is 232 Å². The van der Waals surface area contributed by atoms with Crippen LogP contribution in [0.2, 0.25) is 0 Å². The van der Waals surface area contributed by atoms with E-state index in [9.17, 15) is 0 Å². The van der Waals surface area contributed by atoms with E-state index in [0.29, 0.717) is 5.71 Å². The highest BCUT2D eigenvalue weighted by Gasteiger charge is 2.35. The number of nitrogens with zero attached hydrogens (tertiary/aromatic N) is 17. The van der Waals surface area contributed by atoms with E-state index in [2.05, 4.69) is 393 Å². The number of furan rings is 5. The zero-order valence-corrected chi connectivity index (χ0v) is 81.4. The average molecular weight is 1940 g/mol. The fraction of sp³-hybridized carbons (Fsp3) is 0.0469. The molecule has 22 nitrogen and oxygen atoms in total. The van der Waals surface area contributed by atoms with E-state index in [1.54, 1.807) is 0 Å². The quantitative estimate of drug-likeness (QED) is 0.157. The molecule has 17 aromatic heterocycles. The lowest BCUT2D eigenvalue weighted by molar-refractivity contribution is 0.651. The molecule has 0 aliphatic carbocycles. The van der Waals surface area contributed by atoms with Gasteiger partial charge in [0.15, 0.2) is 33.7 Å². The number of aryl methyl sites for hydroxylation is 5. The Bertz CT molecular complexity index is 10600. The second-order valence-electron chi connectivity index (χ2n) is 38.9. The van der Waals surface area contributed by atoms with Crippen LogP contribution in [0, 0.1) is 34.6 Å². The summed E-state index contributed by atoms with van der Waals surface area (Å²) < 4.78 is 51.3. The summed E-state index contributed by atoms with van der Waals surface area (Å²) in [4.78, 5) is 38.6. The van der Waals surface area contributed by atoms with Crippen LogP contribution in [0.1, 0.15) is 50.8 Å². The van der Waals surface area contributed by atoms with E-state index >= 15 is 0 Å². The molecule has 1 aliphatic heterocycles. The number of aromatic nitrogens is 17. The predicted molar refractivity (Wildman–Crippen MR) is 600 cm³/mol. The summed E-state index contributed by atoms with van der Waals surface area (Å²) in [5.41, 5.74) is 40.1. The number of fused-ring (bicyclic) bond motifs is 40. The molecule has 22 heteroatoms. The molecule has 0 amide bonds. The first kappa shape index (κ1) is 84.3. The molecule has 0 saturated heterocycles. The number of imidazole rings is 9. The van der Waals surface area contributed by atoms with Gasteiger partial charge >= 0.3 is 0 Å². The lowest BCUT2D eigenvalue weighted by Gasteiger charge is -2.13. The first-order valence-corrected chi connectivity index (χ1v) is 50.2. The van der Waals surface area contributed by atoms with Crippen LogP contribution in [0.4, 0.5) is 0 Å². The Morgan fingerprint density at radius 1 is 0.227 bits per heavy atom. The van der Waals surface area contributed by atoms with Crippen LogP contribution in [-0.2, 0) is 0 Å². The van der Waals surface area contributed by atoms with E-state index in [4.69, 9.17) is 52.0 Å². The van der Waals surface area contributed by atoms with Crippen molar-refractivity contribution in [2.75, 3.05) is 0 Å². The van der Waals surface area contributed by atoms with Gasteiger partial charge in [-0.25, -0.2) is 34.9 Å². The molecule has 0 saturated carbocycles. The number of rotatable bonds is 5. The summed E-state index contributed by atoms with van der Waals surface area (Å²) in [5.74, 6) is 5.40. The Balaban J connectivity index is 0.0000000844. The van der Waals surface area contributed by atoms with Crippen LogP contribution in [-0.4, -0.2) is 80.3 Å². The van der Waals surface area contributed by atoms with Gasteiger partial charge in [-0.05, 0) is 245 Å². The van der Waals surface area contributed by atoms with Crippen molar-refractivity contribution in [1.29, 1.82) is 0 Å². The first-order valence-electron chi connectivity index (χ1n) is 50.2. The summed E-state index contributed by atoms with van der Waals surface area (Å²) in [6.45, 7) is 10.4. The standard InChI is InChI=1S/C27H18N2O.C26H17N3O.3C25H16N4O/c1-16-14-17(15-20-18-8-3-7-13-24(18)30-26(16)20)25-19-9-2-5-11-22(19)29-23-12-6-4-10-21(23)28-27(25)29;1-16-13-14-24-18(15-16)17-7-6-12-23(25(17)30-24)29-22-11-5-4-10-21(22)28-20-9-3-2-8-19(20)27-26(28)29;1-15-13-17-16-7-6-12-22(24(16)30-23(17)14-26-15)29-21-11-5-4-10-20(21)28-19-9-3-2-8-18(19)27-25(28)29;1-15-13-17-16-7-6-12-22(23(16)30-24(17)26-14-15)29-21-11-5-4-10-20(21)28-19-9-3-2-8-18(19)27-25(28)29;1-15-10-11-22-17(14-15)16-12-13-26-24(23(16)30-22)29-21-9-5-4-8-20(21)28-19-7-3-2-6-18(19)27-25(28)29/h2-15,25H,1H3;2-15H,1H3;3*2-14H,1H3. The lowest BCUT2D eigenvalue weighted by Crippen LogP contribution is -2.01. The molecular formula is C128H83N17O5. The van der Waals surface area contributed by atoms with E-state index in [0.717, 1.165) is 267 Å². The number of para-hydroxylation sites is 23. The zero-order valence-electron chi connectivity index (χ0n) is 81.4. The van der Waals surface area contributed by atoms with Crippen LogP contribution < -0.4 is 0 Å². The van der Waals surface area contributed by atoms with Gasteiger partial charge in [0, 0.05) is 71.9 Å². The third kappa shape index (κ3) is 12.5. The highest BCUT2D eigenvalue weighted by molar-refractivity contribution is 6.14. The van der Waals surface area contributed by atoms with E-state index in [1.807, 2.05) is 99.2 Å². The van der Waals surface area contributed by atoms with Gasteiger partial charge in [0.1, 0.15) is 28.2 Å². The maximum absolute atomic E-state index is 6.38. The molecule has 0 spiro atoms. The van der Waals surface area contributed by atoms with Crippen LogP contribution >= 0.6 is 0 Å². The minimum absolute atomic E-state index is 0.102. The second-order valence-corrected chi connectivity index (χ2v) is 38.9. The zero-order chi connectivity index (χ0) is 99.1. The minimum atomic E-state index is 0.102. The molecule has 1 unspecified atom stereocenters. The Kier molecular flexibility index (Phi) is 18.2. The predicted octanol–water partition coefficient (Wildman–Crippen LogP) is 31.5. The molecule has 1 atom stereocenters. The summed E-state index contributed by atoms with van der Waals surface area (Å²) in [6.07, 6.45) is 5.50. The lowest BCUT2D eigenvalue weighted by atomic mass is 9.90. The number of benzene rings is 17. The van der Waals surface area contributed by atoms with Crippen LogP contribution in [0.25, 0.3) is 261 Å². The monoisotopic (exact) mass is 1940 g/mol. The second kappa shape index (κ2) is 32.4. The van der Waals surface area contributed by atoms with Gasteiger partial charge in [-0.3, -0.25) is 45.4 Å². The van der Waals surface area contributed by atoms with Gasteiger partial charge in [-0.15, -0.1) is 0 Å². The van der Waals surface area contributed by atoms with Crippen molar-refractivity contribution in [2.24, 2.45) is 0 Å². The van der Waals surface area contributed by atoms with Crippen molar-refractivity contribution in [3.63, 3.8) is 0 Å². The van der Waals surface area contributed by atoms with Gasteiger partial charge in [0.25, 0.3) is 0 Å². The Hall–Kier alpha value is -20.3. The van der Waals surface area contributed by atoms with Crippen LogP contribution in [0.3, 0.4) is 0 Å². The van der Waals surface area contributed by atoms with Gasteiger partial charge in [-0.1, -0.05) is 211 Å². The number of hydrogen-bond donors (Lipinski definition) is 0. The third-order valence-corrected chi connectivity index (χ3v) is 29.8. The number of pyridine rings is 3. The fourth-order valence-corrected chi connectivity index (χ4v) is 23.4. The summed E-state index contributed by atoms with van der Waals surface area (Å²) in [5, 5.41) is 11.0. The molecule has 0 N–H and O–H groups in total. The van der Waals surface area contributed by atoms with Crippen LogP contribution in [0.5, 0.6) is 0 Å². The van der Waals surface area contributed by atoms with Crippen molar-refractivity contribution in [1.82, 2.24) is 80.3 Å².